The van der Waals surface area contributed by atoms with E-state index in [0.717, 1.165) is 0 Å². The molecule has 2 N–H and O–H groups in total. The Balaban J connectivity index is 1.97. The van der Waals surface area contributed by atoms with Crippen LogP contribution in [0.25, 0.3) is 0 Å². The monoisotopic (exact) mass is 387 g/mol. The summed E-state index contributed by atoms with van der Waals surface area (Å²) in [7, 11) is 1.66. The van der Waals surface area contributed by atoms with Gasteiger partial charge in [-0.15, -0.1) is 0 Å². The van der Waals surface area contributed by atoms with Gasteiger partial charge in [-0.2, -0.15) is 5.26 Å². The first kappa shape index (κ1) is 19.8. The fourth-order valence-corrected chi connectivity index (χ4v) is 3.91. The number of nitrogens with zero attached hydrogens (tertiary/aromatic N) is 3. The maximum atomic E-state index is 13.6. The number of hydrogen-bond donors (Lipinski definition) is 2. The maximum Gasteiger partial charge on any atom is 0.254 e. The van der Waals surface area contributed by atoms with Gasteiger partial charge >= 0.3 is 0 Å². The average molecular weight is 387 g/mol. The van der Waals surface area contributed by atoms with Crippen molar-refractivity contribution in [3.8, 4) is 6.07 Å². The standard InChI is InChI=1S/C20H23F2N5O/c1-13-19(28)27(16-5-3-4-14(10-16)11-23)17(12-25-2)18(24)26(13)15-6-8-20(21,22)9-7-15/h3-5,10,12-13,15,24-25H,6-9H2,1-2H3/b17-12+,24-18?/t13-/m1/s1. The summed E-state index contributed by atoms with van der Waals surface area (Å²) in [6, 6.07) is 7.74. The molecule has 0 spiro atoms. The van der Waals surface area contributed by atoms with Crippen LogP contribution >= 0.6 is 0 Å². The Labute approximate surface area is 162 Å². The molecular formula is C20H23F2N5O. The molecule has 0 unspecified atom stereocenters. The molecule has 0 radical (unpaired) electrons. The quantitative estimate of drug-likeness (QED) is 0.834. The SMILES string of the molecule is CN/C=C1\C(=N)N(C2CCC(F)(F)CC2)[C@H](C)C(=O)N1c1cccc(C#N)c1. The molecule has 2 fully saturated rings. The van der Waals surface area contributed by atoms with Gasteiger partial charge in [0.1, 0.15) is 17.6 Å². The fourth-order valence-electron chi connectivity index (χ4n) is 3.91. The predicted molar refractivity (Wildman–Crippen MR) is 102 cm³/mol. The Morgan fingerprint density at radius 3 is 2.64 bits per heavy atom. The Morgan fingerprint density at radius 1 is 1.36 bits per heavy atom. The van der Waals surface area contributed by atoms with Gasteiger partial charge in [0.2, 0.25) is 5.92 Å². The lowest BCUT2D eigenvalue weighted by Gasteiger charge is -2.47. The third-order valence-electron chi connectivity index (χ3n) is 5.33. The highest BCUT2D eigenvalue weighted by molar-refractivity contribution is 6.16. The highest BCUT2D eigenvalue weighted by atomic mass is 19.3. The van der Waals surface area contributed by atoms with Crippen LogP contribution in [0.1, 0.15) is 38.2 Å². The van der Waals surface area contributed by atoms with Crippen molar-refractivity contribution in [3.63, 3.8) is 0 Å². The minimum atomic E-state index is -2.67. The summed E-state index contributed by atoms with van der Waals surface area (Å²) in [6.07, 6.45) is 1.56. The zero-order valence-corrected chi connectivity index (χ0v) is 15.9. The molecule has 1 atom stereocenters. The molecule has 2 aliphatic rings. The first-order valence-electron chi connectivity index (χ1n) is 9.25. The van der Waals surface area contributed by atoms with E-state index in [1.807, 2.05) is 0 Å². The first-order valence-corrected chi connectivity index (χ1v) is 9.25. The van der Waals surface area contributed by atoms with Crippen LogP contribution in [0.5, 0.6) is 0 Å². The number of rotatable bonds is 3. The molecule has 1 saturated carbocycles. The number of anilines is 1. The van der Waals surface area contributed by atoms with Gasteiger partial charge < -0.3 is 10.2 Å². The second-order valence-electron chi connectivity index (χ2n) is 7.17. The molecule has 3 rings (SSSR count). The molecule has 1 saturated heterocycles. The number of nitrogens with one attached hydrogen (secondary N) is 2. The number of nitriles is 1. The summed E-state index contributed by atoms with van der Waals surface area (Å²) < 4.78 is 27.1. The summed E-state index contributed by atoms with van der Waals surface area (Å²) in [5, 5.41) is 20.7. The van der Waals surface area contributed by atoms with Crippen molar-refractivity contribution in [3.05, 3.63) is 41.7 Å². The van der Waals surface area contributed by atoms with E-state index in [1.54, 1.807) is 49.3 Å². The number of piperazine rings is 1. The molecule has 148 valence electrons. The van der Waals surface area contributed by atoms with Crippen LogP contribution < -0.4 is 10.2 Å². The molecule has 1 aliphatic carbocycles. The number of alkyl halides is 2. The van der Waals surface area contributed by atoms with E-state index in [-0.39, 0.29) is 43.5 Å². The Kier molecular flexibility index (Phi) is 5.36. The molecule has 1 heterocycles. The van der Waals surface area contributed by atoms with Gasteiger partial charge in [-0.3, -0.25) is 15.1 Å². The van der Waals surface area contributed by atoms with E-state index in [4.69, 9.17) is 10.7 Å². The van der Waals surface area contributed by atoms with Gasteiger partial charge in [0.25, 0.3) is 5.91 Å². The van der Waals surface area contributed by atoms with Crippen molar-refractivity contribution >= 4 is 17.4 Å². The van der Waals surface area contributed by atoms with E-state index in [0.29, 0.717) is 16.9 Å². The van der Waals surface area contributed by atoms with Gasteiger partial charge in [-0.1, -0.05) is 6.07 Å². The summed E-state index contributed by atoms with van der Waals surface area (Å²) in [5.74, 6) is -2.82. The van der Waals surface area contributed by atoms with Crippen molar-refractivity contribution < 1.29 is 13.6 Å². The molecule has 6 nitrogen and oxygen atoms in total. The van der Waals surface area contributed by atoms with E-state index in [1.165, 1.54) is 4.90 Å². The summed E-state index contributed by atoms with van der Waals surface area (Å²) in [5.41, 5.74) is 1.24. The zero-order chi connectivity index (χ0) is 20.5. The maximum absolute atomic E-state index is 13.6. The van der Waals surface area contributed by atoms with Crippen LogP contribution in [-0.2, 0) is 4.79 Å². The molecule has 28 heavy (non-hydrogen) atoms. The lowest BCUT2D eigenvalue weighted by molar-refractivity contribution is -0.123. The summed E-state index contributed by atoms with van der Waals surface area (Å²) >= 11 is 0. The number of benzene rings is 1. The van der Waals surface area contributed by atoms with E-state index >= 15 is 0 Å². The van der Waals surface area contributed by atoms with Gasteiger partial charge in [0.15, 0.2) is 0 Å². The van der Waals surface area contributed by atoms with Crippen LogP contribution in [0, 0.1) is 16.7 Å². The molecule has 8 heteroatoms. The van der Waals surface area contributed by atoms with Crippen molar-refractivity contribution in [2.75, 3.05) is 11.9 Å². The van der Waals surface area contributed by atoms with Crippen molar-refractivity contribution in [2.24, 2.45) is 0 Å². The van der Waals surface area contributed by atoms with Crippen LogP contribution in [0.4, 0.5) is 14.5 Å². The number of hydrogen-bond acceptors (Lipinski definition) is 4. The molecule has 0 bridgehead atoms. The third-order valence-corrected chi connectivity index (χ3v) is 5.33. The average Bonchev–Trinajstić information content (AvgIpc) is 2.67. The third kappa shape index (κ3) is 3.57. The molecule has 0 aromatic heterocycles. The van der Waals surface area contributed by atoms with E-state index < -0.39 is 12.0 Å². The zero-order valence-electron chi connectivity index (χ0n) is 15.9. The van der Waals surface area contributed by atoms with Crippen LogP contribution in [0.15, 0.2) is 36.2 Å². The number of amides is 1. The largest absolute Gasteiger partial charge is 0.392 e. The van der Waals surface area contributed by atoms with Crippen molar-refractivity contribution in [1.82, 2.24) is 10.2 Å². The van der Waals surface area contributed by atoms with Gasteiger partial charge in [0.05, 0.1) is 17.3 Å². The second kappa shape index (κ2) is 7.58. The Morgan fingerprint density at radius 2 is 2.04 bits per heavy atom. The number of amidine groups is 1. The molecule has 1 aromatic rings. The van der Waals surface area contributed by atoms with Gasteiger partial charge in [-0.05, 0) is 38.0 Å². The lowest BCUT2D eigenvalue weighted by atomic mass is 9.89. The number of halogens is 2. The first-order chi connectivity index (χ1) is 13.3. The van der Waals surface area contributed by atoms with Crippen LogP contribution in [0.3, 0.4) is 0 Å². The number of carbonyl (C=O) groups excluding carboxylic acids is 1. The fraction of sp³-hybridized carbons (Fsp3) is 0.450. The summed E-state index contributed by atoms with van der Waals surface area (Å²) in [6.45, 7) is 1.70. The van der Waals surface area contributed by atoms with Crippen molar-refractivity contribution in [1.29, 1.82) is 10.7 Å². The topological polar surface area (TPSA) is 83.2 Å². The molecule has 1 amide bonds. The van der Waals surface area contributed by atoms with Crippen molar-refractivity contribution in [2.45, 2.75) is 50.6 Å². The number of carbonyl (C=O) groups is 1. The van der Waals surface area contributed by atoms with Crippen LogP contribution in [-0.4, -0.2) is 41.7 Å². The smallest absolute Gasteiger partial charge is 0.254 e. The Bertz CT molecular complexity index is 850. The van der Waals surface area contributed by atoms with E-state index in [9.17, 15) is 13.6 Å². The predicted octanol–water partition coefficient (Wildman–Crippen LogP) is 3.21. The van der Waals surface area contributed by atoms with Crippen LogP contribution in [0.2, 0.25) is 0 Å². The minimum Gasteiger partial charge on any atom is -0.392 e. The lowest BCUT2D eigenvalue weighted by Crippen LogP contribution is -2.61. The molecule has 1 aliphatic heterocycles. The highest BCUT2D eigenvalue weighted by Crippen LogP contribution is 2.38. The molecule has 1 aromatic carbocycles. The van der Waals surface area contributed by atoms with Gasteiger partial charge in [-0.25, -0.2) is 8.78 Å². The summed E-state index contributed by atoms with van der Waals surface area (Å²) in [4.78, 5) is 16.3. The van der Waals surface area contributed by atoms with E-state index in [2.05, 4.69) is 11.4 Å². The normalized spacial score (nSPS) is 24.4. The van der Waals surface area contributed by atoms with Gasteiger partial charge in [0, 0.05) is 32.1 Å². The second-order valence-corrected chi connectivity index (χ2v) is 7.17. The Hall–Kier alpha value is -2.95. The highest BCUT2D eigenvalue weighted by Gasteiger charge is 2.45. The molecular weight excluding hydrogens is 364 g/mol. The minimum absolute atomic E-state index is 0.110.